The van der Waals surface area contributed by atoms with Gasteiger partial charge in [-0.3, -0.25) is 0 Å². The van der Waals surface area contributed by atoms with E-state index in [-0.39, 0.29) is 24.0 Å². The van der Waals surface area contributed by atoms with Gasteiger partial charge in [0, 0.05) is 12.6 Å². The molecule has 0 amide bonds. The number of hydrogen-bond donors (Lipinski definition) is 2. The highest BCUT2D eigenvalue weighted by Gasteiger charge is 2.00. The molecule has 2 N–H and O–H groups in total. The summed E-state index contributed by atoms with van der Waals surface area (Å²) < 4.78 is 4.80. The maximum atomic E-state index is 4.80. The van der Waals surface area contributed by atoms with Crippen molar-refractivity contribution in [2.24, 2.45) is 4.99 Å². The van der Waals surface area contributed by atoms with E-state index in [9.17, 15) is 0 Å². The zero-order chi connectivity index (χ0) is 14.2. The number of rotatable bonds is 5. The molecule has 1 aromatic heterocycles. The van der Waals surface area contributed by atoms with E-state index in [0.717, 1.165) is 18.2 Å². The topological polar surface area (TPSA) is 62.5 Å². The average Bonchev–Trinajstić information content (AvgIpc) is 2.97. The first-order chi connectivity index (χ1) is 9.78. The summed E-state index contributed by atoms with van der Waals surface area (Å²) in [5.74, 6) is 0.774. The largest absolute Gasteiger partial charge is 0.364 e. The first kappa shape index (κ1) is 17.5. The third kappa shape index (κ3) is 6.16. The molecule has 6 heteroatoms. The van der Waals surface area contributed by atoms with Crippen molar-refractivity contribution in [3.05, 3.63) is 53.4 Å². The first-order valence-electron chi connectivity index (χ1n) is 6.75. The molecule has 0 aliphatic heterocycles. The summed E-state index contributed by atoms with van der Waals surface area (Å²) in [6, 6.07) is 10.2. The van der Waals surface area contributed by atoms with Crippen LogP contribution in [0.5, 0.6) is 0 Å². The van der Waals surface area contributed by atoms with Gasteiger partial charge in [-0.1, -0.05) is 35.0 Å². The van der Waals surface area contributed by atoms with Crippen molar-refractivity contribution in [1.29, 1.82) is 0 Å². The maximum Gasteiger partial charge on any atom is 0.191 e. The van der Waals surface area contributed by atoms with Gasteiger partial charge in [-0.2, -0.15) is 0 Å². The second-order valence-corrected chi connectivity index (χ2v) is 4.53. The molecular formula is C15H21IN4O. The lowest BCUT2D eigenvalue weighted by molar-refractivity contribution is 0.410. The van der Waals surface area contributed by atoms with Crippen LogP contribution in [0.4, 0.5) is 0 Å². The standard InChI is InChI=1S/C15H20N4O.HI/c1-3-16-15(18-11-14-8-9-20-19-14)17-10-13-6-4-12(2)5-7-13;/h4-9H,3,10-11H2,1-2H3,(H2,16,17,18);1H. The Bertz CT molecular complexity index is 537. The Balaban J connectivity index is 0.00000220. The van der Waals surface area contributed by atoms with Crippen LogP contribution in [0.3, 0.4) is 0 Å². The van der Waals surface area contributed by atoms with Gasteiger partial charge in [0.2, 0.25) is 0 Å². The summed E-state index contributed by atoms with van der Waals surface area (Å²) in [7, 11) is 0. The molecule has 0 atom stereocenters. The second kappa shape index (κ2) is 9.38. The summed E-state index contributed by atoms with van der Waals surface area (Å²) in [6.07, 6.45) is 1.56. The van der Waals surface area contributed by atoms with E-state index in [1.807, 2.05) is 13.0 Å². The van der Waals surface area contributed by atoms with Crippen LogP contribution < -0.4 is 10.6 Å². The lowest BCUT2D eigenvalue weighted by Crippen LogP contribution is -2.36. The van der Waals surface area contributed by atoms with Gasteiger partial charge in [0.05, 0.1) is 13.1 Å². The number of hydrogen-bond acceptors (Lipinski definition) is 3. The fourth-order valence-corrected chi connectivity index (χ4v) is 1.71. The number of nitrogens with zero attached hydrogens (tertiary/aromatic N) is 2. The Labute approximate surface area is 142 Å². The number of aryl methyl sites for hydroxylation is 1. The van der Waals surface area contributed by atoms with Crippen LogP contribution in [0, 0.1) is 6.92 Å². The number of aromatic nitrogens is 1. The third-order valence-electron chi connectivity index (χ3n) is 2.81. The Hall–Kier alpha value is -1.57. The van der Waals surface area contributed by atoms with Crippen molar-refractivity contribution in [2.45, 2.75) is 26.9 Å². The minimum Gasteiger partial charge on any atom is -0.364 e. The SMILES string of the molecule is CCNC(=NCc1ccc(C)cc1)NCc1ccon1.I. The fourth-order valence-electron chi connectivity index (χ4n) is 1.71. The molecule has 0 aliphatic carbocycles. The minimum atomic E-state index is 0. The normalized spacial score (nSPS) is 10.9. The van der Waals surface area contributed by atoms with Crippen LogP contribution in [-0.4, -0.2) is 17.7 Å². The van der Waals surface area contributed by atoms with Crippen molar-refractivity contribution in [1.82, 2.24) is 15.8 Å². The highest BCUT2D eigenvalue weighted by Crippen LogP contribution is 2.04. The van der Waals surface area contributed by atoms with Gasteiger partial charge in [-0.05, 0) is 19.4 Å². The predicted molar refractivity (Wildman–Crippen MR) is 94.8 cm³/mol. The lowest BCUT2D eigenvalue weighted by Gasteiger charge is -2.10. The molecular weight excluding hydrogens is 379 g/mol. The van der Waals surface area contributed by atoms with Gasteiger partial charge in [0.1, 0.15) is 12.0 Å². The summed E-state index contributed by atoms with van der Waals surface area (Å²) in [6.45, 7) is 6.18. The molecule has 0 aliphatic rings. The monoisotopic (exact) mass is 400 g/mol. The zero-order valence-electron chi connectivity index (χ0n) is 12.3. The Kier molecular flexibility index (Phi) is 7.81. The molecule has 2 aromatic rings. The smallest absolute Gasteiger partial charge is 0.191 e. The highest BCUT2D eigenvalue weighted by atomic mass is 127. The van der Waals surface area contributed by atoms with Crippen LogP contribution in [0.2, 0.25) is 0 Å². The molecule has 5 nitrogen and oxygen atoms in total. The van der Waals surface area contributed by atoms with E-state index in [4.69, 9.17) is 4.52 Å². The maximum absolute atomic E-state index is 4.80. The number of aliphatic imine (C=N–C) groups is 1. The second-order valence-electron chi connectivity index (χ2n) is 4.53. The Morgan fingerprint density at radius 1 is 1.19 bits per heavy atom. The molecule has 0 saturated carbocycles. The molecule has 0 radical (unpaired) electrons. The van der Waals surface area contributed by atoms with Crippen molar-refractivity contribution in [2.75, 3.05) is 6.54 Å². The van der Waals surface area contributed by atoms with Crippen molar-refractivity contribution >= 4 is 29.9 Å². The molecule has 0 fully saturated rings. The lowest BCUT2D eigenvalue weighted by atomic mass is 10.1. The van der Waals surface area contributed by atoms with E-state index < -0.39 is 0 Å². The zero-order valence-corrected chi connectivity index (χ0v) is 14.6. The molecule has 114 valence electrons. The van der Waals surface area contributed by atoms with Gasteiger partial charge in [-0.25, -0.2) is 4.99 Å². The number of benzene rings is 1. The van der Waals surface area contributed by atoms with Crippen LogP contribution in [0.1, 0.15) is 23.7 Å². The van der Waals surface area contributed by atoms with E-state index in [1.165, 1.54) is 11.1 Å². The van der Waals surface area contributed by atoms with Gasteiger partial charge >= 0.3 is 0 Å². The summed E-state index contributed by atoms with van der Waals surface area (Å²) in [5.41, 5.74) is 3.30. The first-order valence-corrected chi connectivity index (χ1v) is 6.75. The molecule has 0 bridgehead atoms. The molecule has 0 spiro atoms. The third-order valence-corrected chi connectivity index (χ3v) is 2.81. The molecule has 1 aromatic carbocycles. The van der Waals surface area contributed by atoms with E-state index >= 15 is 0 Å². The molecule has 1 heterocycles. The average molecular weight is 400 g/mol. The fraction of sp³-hybridized carbons (Fsp3) is 0.333. The van der Waals surface area contributed by atoms with Crippen molar-refractivity contribution < 1.29 is 4.52 Å². The number of nitrogens with one attached hydrogen (secondary N) is 2. The minimum absolute atomic E-state index is 0. The van der Waals surface area contributed by atoms with Crippen LogP contribution in [0.25, 0.3) is 0 Å². The van der Waals surface area contributed by atoms with Gasteiger partial charge in [0.25, 0.3) is 0 Å². The summed E-state index contributed by atoms with van der Waals surface area (Å²) in [4.78, 5) is 4.55. The van der Waals surface area contributed by atoms with Gasteiger partial charge < -0.3 is 15.2 Å². The Morgan fingerprint density at radius 3 is 2.57 bits per heavy atom. The van der Waals surface area contributed by atoms with Crippen molar-refractivity contribution in [3.8, 4) is 0 Å². The van der Waals surface area contributed by atoms with Gasteiger partial charge in [-0.15, -0.1) is 24.0 Å². The van der Waals surface area contributed by atoms with E-state index in [1.54, 1.807) is 6.26 Å². The van der Waals surface area contributed by atoms with Gasteiger partial charge in [0.15, 0.2) is 5.96 Å². The number of guanidine groups is 1. The summed E-state index contributed by atoms with van der Waals surface area (Å²) >= 11 is 0. The van der Waals surface area contributed by atoms with Crippen molar-refractivity contribution in [3.63, 3.8) is 0 Å². The Morgan fingerprint density at radius 2 is 1.95 bits per heavy atom. The molecule has 21 heavy (non-hydrogen) atoms. The van der Waals surface area contributed by atoms with Crippen LogP contribution >= 0.6 is 24.0 Å². The summed E-state index contributed by atoms with van der Waals surface area (Å²) in [5, 5.41) is 10.3. The molecule has 2 rings (SSSR count). The van der Waals surface area contributed by atoms with E-state index in [2.05, 4.69) is 52.0 Å². The van der Waals surface area contributed by atoms with E-state index in [0.29, 0.717) is 13.1 Å². The quantitative estimate of drug-likeness (QED) is 0.461. The predicted octanol–water partition coefficient (Wildman–Crippen LogP) is 2.86. The van der Waals surface area contributed by atoms with Crippen LogP contribution in [0.15, 0.2) is 46.1 Å². The molecule has 0 saturated heterocycles. The number of halogens is 1. The highest BCUT2D eigenvalue weighted by molar-refractivity contribution is 14.0. The molecule has 0 unspecified atom stereocenters. The van der Waals surface area contributed by atoms with Crippen LogP contribution in [-0.2, 0) is 13.1 Å².